The van der Waals surface area contributed by atoms with Gasteiger partial charge in [0.05, 0.1) is 72.5 Å². The van der Waals surface area contributed by atoms with Crippen LogP contribution in [0.1, 0.15) is 42.5 Å². The van der Waals surface area contributed by atoms with Crippen LogP contribution >= 0.6 is 12.6 Å². The molecule has 8 nitrogen and oxygen atoms in total. The van der Waals surface area contributed by atoms with E-state index in [2.05, 4.69) is 31.8 Å². The second kappa shape index (κ2) is 29.5. The fraction of sp³-hybridized carbons (Fsp3) is 0.900. The van der Waals surface area contributed by atoms with Gasteiger partial charge in [0.15, 0.2) is 0 Å². The summed E-state index contributed by atoms with van der Waals surface area (Å²) in [4.78, 5) is 21.9. The third-order valence-electron chi connectivity index (χ3n) is 2.70. The standard InChI is InChI=1S/C16H31NO7S.C3H8.CH4.H2/c1-15(18)14-16(19)17-2-3-20-4-5-21-6-7-22-8-9-23-10-11-24-12-13-25;1-3-2;;/h25H,2-14H2,1H3,(H,17,19);3H2,1-2H3;1H4;1H. The molecule has 1 N–H and O–H groups in total. The number of amides is 1. The fourth-order valence-corrected chi connectivity index (χ4v) is 1.73. The van der Waals surface area contributed by atoms with Crippen LogP contribution in [0, 0.1) is 0 Å². The molecule has 0 spiro atoms. The lowest BCUT2D eigenvalue weighted by Crippen LogP contribution is -2.28. The average Bonchev–Trinajstić information content (AvgIpc) is 2.64. The second-order valence-corrected chi connectivity index (χ2v) is 6.17. The molecular formula is C20H45NO7S. The molecule has 1 amide bonds. The highest BCUT2D eigenvalue weighted by Gasteiger charge is 2.03. The summed E-state index contributed by atoms with van der Waals surface area (Å²) >= 11 is 4.03. The van der Waals surface area contributed by atoms with Gasteiger partial charge in [-0.25, -0.2) is 0 Å². The van der Waals surface area contributed by atoms with Gasteiger partial charge >= 0.3 is 0 Å². The first-order chi connectivity index (χ1) is 13.6. The molecule has 9 heteroatoms. The number of ether oxygens (including phenoxy) is 5. The topological polar surface area (TPSA) is 92.3 Å². The van der Waals surface area contributed by atoms with Gasteiger partial charge in [0.1, 0.15) is 5.78 Å². The number of hydrogen-bond donors (Lipinski definition) is 2. The lowest BCUT2D eigenvalue weighted by molar-refractivity contribution is -0.127. The maximum Gasteiger partial charge on any atom is 0.227 e. The monoisotopic (exact) mass is 443 g/mol. The van der Waals surface area contributed by atoms with Crippen LogP contribution in [0.5, 0.6) is 0 Å². The van der Waals surface area contributed by atoms with Gasteiger partial charge in [-0.1, -0.05) is 27.7 Å². The van der Waals surface area contributed by atoms with Crippen molar-refractivity contribution in [1.82, 2.24) is 5.32 Å². The smallest absolute Gasteiger partial charge is 0.227 e. The van der Waals surface area contributed by atoms with Crippen molar-refractivity contribution in [2.24, 2.45) is 0 Å². The van der Waals surface area contributed by atoms with E-state index in [1.54, 1.807) is 0 Å². The van der Waals surface area contributed by atoms with E-state index in [0.717, 1.165) is 0 Å². The van der Waals surface area contributed by atoms with E-state index in [-0.39, 0.29) is 27.0 Å². The minimum Gasteiger partial charge on any atom is -0.378 e. The Morgan fingerprint density at radius 1 is 0.759 bits per heavy atom. The molecule has 29 heavy (non-hydrogen) atoms. The second-order valence-electron chi connectivity index (χ2n) is 5.72. The SMILES string of the molecule is C.CC(=O)CC(=O)NCCOCCOCCOCCOCCOCCS.CCC.[HH]. The lowest BCUT2D eigenvalue weighted by atomic mass is 10.3. The molecule has 0 aliphatic heterocycles. The maximum atomic E-state index is 11.2. The molecule has 0 heterocycles. The van der Waals surface area contributed by atoms with Crippen LogP contribution in [0.2, 0.25) is 0 Å². The number of Topliss-reactive ketones (excluding diaryl/α,β-unsaturated/α-hetero) is 1. The number of thiol groups is 1. The average molecular weight is 444 g/mol. The zero-order valence-electron chi connectivity index (χ0n) is 17.7. The Labute approximate surface area is 184 Å². The molecule has 0 rings (SSSR count). The third kappa shape index (κ3) is 35.1. The number of ketones is 1. The lowest BCUT2D eigenvalue weighted by Gasteiger charge is -2.08. The van der Waals surface area contributed by atoms with Crippen LogP contribution in [0.4, 0.5) is 0 Å². The molecule has 0 fully saturated rings. The predicted molar refractivity (Wildman–Crippen MR) is 121 cm³/mol. The summed E-state index contributed by atoms with van der Waals surface area (Å²) in [6, 6.07) is 0. The number of hydrogen-bond acceptors (Lipinski definition) is 8. The van der Waals surface area contributed by atoms with Crippen LogP contribution in [-0.4, -0.2) is 90.1 Å². The molecular weight excluding hydrogens is 398 g/mol. The van der Waals surface area contributed by atoms with E-state index >= 15 is 0 Å². The molecule has 0 aromatic heterocycles. The highest BCUT2D eigenvalue weighted by molar-refractivity contribution is 7.80. The molecule has 0 aliphatic carbocycles. The van der Waals surface area contributed by atoms with E-state index in [1.165, 1.54) is 13.3 Å². The molecule has 0 atom stereocenters. The summed E-state index contributed by atoms with van der Waals surface area (Å²) in [5.74, 6) is 0.281. The van der Waals surface area contributed by atoms with E-state index in [1.807, 2.05) is 0 Å². The first kappa shape index (κ1) is 32.9. The summed E-state index contributed by atoms with van der Waals surface area (Å²) in [6.07, 6.45) is 1.16. The number of carbonyl (C=O) groups excluding carboxylic acids is 2. The Hall–Kier alpha value is -0.710. The number of nitrogens with one attached hydrogen (secondary N) is 1. The number of rotatable bonds is 19. The van der Waals surface area contributed by atoms with Crippen molar-refractivity contribution in [2.45, 2.75) is 41.0 Å². The van der Waals surface area contributed by atoms with E-state index in [4.69, 9.17) is 23.7 Å². The molecule has 0 radical (unpaired) electrons. The van der Waals surface area contributed by atoms with Crippen molar-refractivity contribution in [3.8, 4) is 0 Å². The third-order valence-corrected chi connectivity index (χ3v) is 2.88. The van der Waals surface area contributed by atoms with Crippen molar-refractivity contribution in [3.63, 3.8) is 0 Å². The molecule has 0 saturated heterocycles. The van der Waals surface area contributed by atoms with Gasteiger partial charge in [-0.15, -0.1) is 0 Å². The zero-order chi connectivity index (χ0) is 21.3. The molecule has 178 valence electrons. The van der Waals surface area contributed by atoms with Crippen LogP contribution in [0.15, 0.2) is 0 Å². The van der Waals surface area contributed by atoms with Crippen LogP contribution in [0.25, 0.3) is 0 Å². The first-order valence-electron chi connectivity index (χ1n) is 9.84. The predicted octanol–water partition coefficient (Wildman–Crippen LogP) is 2.39. The highest BCUT2D eigenvalue weighted by atomic mass is 32.1. The highest BCUT2D eigenvalue weighted by Crippen LogP contribution is 1.85. The fourth-order valence-electron chi connectivity index (χ4n) is 1.60. The van der Waals surface area contributed by atoms with Crippen LogP contribution in [-0.2, 0) is 33.3 Å². The molecule has 0 aliphatic rings. The van der Waals surface area contributed by atoms with Gasteiger partial charge in [0, 0.05) is 13.7 Å². The van der Waals surface area contributed by atoms with E-state index < -0.39 is 0 Å². The van der Waals surface area contributed by atoms with Gasteiger partial charge in [-0.2, -0.15) is 12.6 Å². The first-order valence-corrected chi connectivity index (χ1v) is 10.5. The summed E-state index contributed by atoms with van der Waals surface area (Å²) in [7, 11) is 0. The largest absolute Gasteiger partial charge is 0.378 e. The molecule has 0 saturated carbocycles. The van der Waals surface area contributed by atoms with Crippen molar-refractivity contribution in [1.29, 1.82) is 0 Å². The minimum absolute atomic E-state index is 0. The summed E-state index contributed by atoms with van der Waals surface area (Å²) in [5, 5.41) is 2.59. The number of carbonyl (C=O) groups is 2. The van der Waals surface area contributed by atoms with Gasteiger partial charge in [0.2, 0.25) is 5.91 Å². The Bertz CT molecular complexity index is 353. The van der Waals surface area contributed by atoms with Crippen molar-refractivity contribution >= 4 is 24.3 Å². The zero-order valence-corrected chi connectivity index (χ0v) is 18.6. The molecule has 0 aromatic carbocycles. The Kier molecular flexibility index (Phi) is 33.5. The van der Waals surface area contributed by atoms with Crippen LogP contribution < -0.4 is 5.32 Å². The Morgan fingerprint density at radius 2 is 1.10 bits per heavy atom. The van der Waals surface area contributed by atoms with E-state index in [9.17, 15) is 9.59 Å². The van der Waals surface area contributed by atoms with Gasteiger partial charge < -0.3 is 29.0 Å². The minimum atomic E-state index is -0.279. The quantitative estimate of drug-likeness (QED) is 0.180. The van der Waals surface area contributed by atoms with Crippen molar-refractivity contribution < 1.29 is 34.7 Å². The Morgan fingerprint density at radius 3 is 1.45 bits per heavy atom. The normalized spacial score (nSPS) is 9.93. The van der Waals surface area contributed by atoms with Crippen molar-refractivity contribution in [3.05, 3.63) is 0 Å². The molecule has 0 aromatic rings. The summed E-state index contributed by atoms with van der Waals surface area (Å²) in [5.41, 5.74) is 0. The van der Waals surface area contributed by atoms with E-state index in [0.29, 0.717) is 78.4 Å². The van der Waals surface area contributed by atoms with Gasteiger partial charge in [-0.3, -0.25) is 9.59 Å². The Balaban J connectivity index is -0.000000634. The molecule has 0 unspecified atom stereocenters. The van der Waals surface area contributed by atoms with Crippen molar-refractivity contribution in [2.75, 3.05) is 78.4 Å². The molecule has 0 bridgehead atoms. The maximum absolute atomic E-state index is 11.2. The van der Waals surface area contributed by atoms with Crippen LogP contribution in [0.3, 0.4) is 0 Å². The summed E-state index contributed by atoms with van der Waals surface area (Å²) < 4.78 is 26.5. The van der Waals surface area contributed by atoms with Gasteiger partial charge in [0.25, 0.3) is 0 Å². The summed E-state index contributed by atoms with van der Waals surface area (Å²) in [6.45, 7) is 11.1. The van der Waals surface area contributed by atoms with Gasteiger partial charge in [-0.05, 0) is 6.92 Å².